The standard InChI is InChI=1S/C16H21N3O4S/c1-9(2)19-12(5)15(11(4)17-19)18-24(22,23)14-8-13(16(20)21)7-6-10(14)3/h6-9,18H,1-5H3,(H,20,21). The number of carboxylic acids is 1. The Hall–Kier alpha value is -2.35. The third-order valence-corrected chi connectivity index (χ3v) is 5.27. The third-order valence-electron chi connectivity index (χ3n) is 3.78. The fourth-order valence-electron chi connectivity index (χ4n) is 2.53. The van der Waals surface area contributed by atoms with E-state index in [1.54, 1.807) is 25.5 Å². The van der Waals surface area contributed by atoms with Gasteiger partial charge >= 0.3 is 5.97 Å². The summed E-state index contributed by atoms with van der Waals surface area (Å²) < 4.78 is 29.8. The summed E-state index contributed by atoms with van der Waals surface area (Å²) in [5, 5.41) is 13.4. The Morgan fingerprint density at radius 3 is 2.38 bits per heavy atom. The number of aryl methyl sites for hydroxylation is 2. The van der Waals surface area contributed by atoms with Crippen LogP contribution in [-0.4, -0.2) is 29.3 Å². The summed E-state index contributed by atoms with van der Waals surface area (Å²) >= 11 is 0. The number of hydrogen-bond donors (Lipinski definition) is 2. The van der Waals surface area contributed by atoms with Crippen LogP contribution < -0.4 is 4.72 Å². The number of aromatic carboxylic acids is 1. The Morgan fingerprint density at radius 1 is 1.25 bits per heavy atom. The van der Waals surface area contributed by atoms with Crippen molar-refractivity contribution >= 4 is 21.7 Å². The predicted molar refractivity (Wildman–Crippen MR) is 91.0 cm³/mol. The van der Waals surface area contributed by atoms with Crippen LogP contribution in [0.25, 0.3) is 0 Å². The zero-order chi connectivity index (χ0) is 18.2. The van der Waals surface area contributed by atoms with Crippen LogP contribution in [0.15, 0.2) is 23.1 Å². The lowest BCUT2D eigenvalue weighted by Gasteiger charge is -2.12. The van der Waals surface area contributed by atoms with Crippen LogP contribution in [0, 0.1) is 20.8 Å². The monoisotopic (exact) mass is 351 g/mol. The summed E-state index contributed by atoms with van der Waals surface area (Å²) in [6.45, 7) is 9.05. The van der Waals surface area contributed by atoms with Gasteiger partial charge in [0.15, 0.2) is 0 Å². The molecule has 0 aliphatic carbocycles. The maximum absolute atomic E-state index is 12.7. The van der Waals surface area contributed by atoms with Gasteiger partial charge in [-0.1, -0.05) is 6.07 Å². The zero-order valence-corrected chi connectivity index (χ0v) is 15.1. The van der Waals surface area contributed by atoms with Crippen LogP contribution in [-0.2, 0) is 10.0 Å². The molecule has 0 aliphatic rings. The van der Waals surface area contributed by atoms with E-state index in [4.69, 9.17) is 5.11 Å². The Kier molecular flexibility index (Phi) is 4.70. The Labute approximate surface area is 141 Å². The van der Waals surface area contributed by atoms with Gasteiger partial charge in [0.1, 0.15) is 0 Å². The molecule has 8 heteroatoms. The fourth-order valence-corrected chi connectivity index (χ4v) is 3.97. The van der Waals surface area contributed by atoms with E-state index in [2.05, 4.69) is 9.82 Å². The molecule has 0 saturated carbocycles. The first-order valence-corrected chi connectivity index (χ1v) is 8.95. The first-order valence-electron chi connectivity index (χ1n) is 7.47. The second-order valence-corrected chi connectivity index (χ2v) is 7.63. The van der Waals surface area contributed by atoms with Gasteiger partial charge in [-0.15, -0.1) is 0 Å². The molecule has 0 saturated heterocycles. The summed E-state index contributed by atoms with van der Waals surface area (Å²) in [5.74, 6) is -1.17. The van der Waals surface area contributed by atoms with Crippen molar-refractivity contribution in [3.8, 4) is 0 Å². The van der Waals surface area contributed by atoms with Gasteiger partial charge < -0.3 is 5.11 Å². The molecular formula is C16H21N3O4S. The Bertz CT molecular complexity index is 898. The zero-order valence-electron chi connectivity index (χ0n) is 14.3. The van der Waals surface area contributed by atoms with E-state index in [0.717, 1.165) is 6.07 Å². The molecule has 2 rings (SSSR count). The highest BCUT2D eigenvalue weighted by atomic mass is 32.2. The molecule has 0 unspecified atom stereocenters. The van der Waals surface area contributed by atoms with Crippen molar-refractivity contribution in [1.82, 2.24) is 9.78 Å². The van der Waals surface area contributed by atoms with Gasteiger partial charge in [0.25, 0.3) is 10.0 Å². The molecule has 0 atom stereocenters. The molecule has 24 heavy (non-hydrogen) atoms. The first-order chi connectivity index (χ1) is 11.0. The second-order valence-electron chi connectivity index (χ2n) is 5.98. The lowest BCUT2D eigenvalue weighted by molar-refractivity contribution is 0.0696. The van der Waals surface area contributed by atoms with Crippen LogP contribution in [0.4, 0.5) is 5.69 Å². The number of anilines is 1. The lowest BCUT2D eigenvalue weighted by atomic mass is 10.1. The molecule has 1 heterocycles. The molecule has 0 fully saturated rings. The van der Waals surface area contributed by atoms with Gasteiger partial charge in [-0.3, -0.25) is 9.40 Å². The summed E-state index contributed by atoms with van der Waals surface area (Å²) in [6, 6.07) is 4.12. The van der Waals surface area contributed by atoms with Crippen molar-refractivity contribution in [2.45, 2.75) is 45.6 Å². The minimum Gasteiger partial charge on any atom is -0.478 e. The third kappa shape index (κ3) is 3.28. The average Bonchev–Trinajstić information content (AvgIpc) is 2.75. The SMILES string of the molecule is Cc1ccc(C(=O)O)cc1S(=O)(=O)Nc1c(C)nn(C(C)C)c1C. The number of nitrogens with one attached hydrogen (secondary N) is 1. The minimum absolute atomic E-state index is 0.0569. The number of sulfonamides is 1. The van der Waals surface area contributed by atoms with Crippen molar-refractivity contribution in [3.63, 3.8) is 0 Å². The molecule has 0 bridgehead atoms. The van der Waals surface area contributed by atoms with Crippen molar-refractivity contribution in [1.29, 1.82) is 0 Å². The van der Waals surface area contributed by atoms with Crippen molar-refractivity contribution in [2.75, 3.05) is 4.72 Å². The largest absolute Gasteiger partial charge is 0.478 e. The number of rotatable bonds is 5. The summed E-state index contributed by atoms with van der Waals surface area (Å²) in [4.78, 5) is 11.1. The van der Waals surface area contributed by atoms with Crippen LogP contribution in [0.5, 0.6) is 0 Å². The van der Waals surface area contributed by atoms with Crippen molar-refractivity contribution in [2.24, 2.45) is 0 Å². The fraction of sp³-hybridized carbons (Fsp3) is 0.375. The maximum atomic E-state index is 12.7. The molecule has 1 aromatic carbocycles. The van der Waals surface area contributed by atoms with Crippen molar-refractivity contribution in [3.05, 3.63) is 40.7 Å². The molecule has 7 nitrogen and oxygen atoms in total. The van der Waals surface area contributed by atoms with Crippen molar-refractivity contribution < 1.29 is 18.3 Å². The van der Waals surface area contributed by atoms with E-state index in [1.165, 1.54) is 12.1 Å². The second kappa shape index (κ2) is 6.27. The van der Waals surface area contributed by atoms with Crippen LogP contribution in [0.3, 0.4) is 0 Å². The number of nitrogens with zero attached hydrogens (tertiary/aromatic N) is 2. The first kappa shape index (κ1) is 18.0. The summed E-state index contributed by atoms with van der Waals surface area (Å²) in [5.41, 5.74) is 2.09. The maximum Gasteiger partial charge on any atom is 0.335 e. The topological polar surface area (TPSA) is 101 Å². The van der Waals surface area contributed by atoms with E-state index in [9.17, 15) is 13.2 Å². The van der Waals surface area contributed by atoms with Gasteiger partial charge in [0.05, 0.1) is 27.5 Å². The highest BCUT2D eigenvalue weighted by molar-refractivity contribution is 7.92. The molecule has 2 aromatic rings. The highest BCUT2D eigenvalue weighted by Crippen LogP contribution is 2.27. The molecule has 0 aliphatic heterocycles. The number of hydrogen-bond acceptors (Lipinski definition) is 4. The lowest BCUT2D eigenvalue weighted by Crippen LogP contribution is -2.16. The van der Waals surface area contributed by atoms with Crippen LogP contribution in [0.2, 0.25) is 0 Å². The van der Waals surface area contributed by atoms with Gasteiger partial charge in [-0.2, -0.15) is 5.10 Å². The predicted octanol–water partition coefficient (Wildman–Crippen LogP) is 2.89. The molecule has 1 aromatic heterocycles. The van der Waals surface area contributed by atoms with Crippen LogP contribution >= 0.6 is 0 Å². The summed E-state index contributed by atoms with van der Waals surface area (Å²) in [7, 11) is -3.92. The molecule has 130 valence electrons. The normalized spacial score (nSPS) is 11.8. The molecular weight excluding hydrogens is 330 g/mol. The van der Waals surface area contributed by atoms with E-state index in [1.807, 2.05) is 13.8 Å². The number of benzene rings is 1. The van der Waals surface area contributed by atoms with E-state index < -0.39 is 16.0 Å². The number of carbonyl (C=O) groups is 1. The quantitative estimate of drug-likeness (QED) is 0.862. The van der Waals surface area contributed by atoms with Gasteiger partial charge in [-0.05, 0) is 52.3 Å². The number of aromatic nitrogens is 2. The highest BCUT2D eigenvalue weighted by Gasteiger charge is 2.23. The van der Waals surface area contributed by atoms with Gasteiger partial charge in [-0.25, -0.2) is 13.2 Å². The average molecular weight is 351 g/mol. The summed E-state index contributed by atoms with van der Waals surface area (Å²) in [6.07, 6.45) is 0. The molecule has 0 amide bonds. The van der Waals surface area contributed by atoms with E-state index in [-0.39, 0.29) is 16.5 Å². The number of carboxylic acid groups (broad SMARTS) is 1. The smallest absolute Gasteiger partial charge is 0.335 e. The molecule has 0 radical (unpaired) electrons. The van der Waals surface area contributed by atoms with E-state index >= 15 is 0 Å². The Balaban J connectivity index is 2.51. The van der Waals surface area contributed by atoms with Gasteiger partial charge in [0, 0.05) is 6.04 Å². The van der Waals surface area contributed by atoms with Crippen LogP contribution in [0.1, 0.15) is 47.2 Å². The Morgan fingerprint density at radius 2 is 1.88 bits per heavy atom. The molecule has 2 N–H and O–H groups in total. The minimum atomic E-state index is -3.92. The van der Waals surface area contributed by atoms with E-state index in [0.29, 0.717) is 22.6 Å². The van der Waals surface area contributed by atoms with Gasteiger partial charge in [0.2, 0.25) is 0 Å². The molecule has 0 spiro atoms.